The molecule has 2 rings (SSSR count). The highest BCUT2D eigenvalue weighted by atomic mass is 35.5. The molecule has 1 aliphatic heterocycles. The third kappa shape index (κ3) is 6.44. The van der Waals surface area contributed by atoms with Gasteiger partial charge in [-0.2, -0.15) is 0 Å². The van der Waals surface area contributed by atoms with Gasteiger partial charge in [0, 0.05) is 12.0 Å². The molecular weight excluding hydrogens is 365 g/mol. The van der Waals surface area contributed by atoms with Gasteiger partial charge < -0.3 is 14.0 Å². The first-order chi connectivity index (χ1) is 11.8. The normalized spacial score (nSPS) is 20.8. The van der Waals surface area contributed by atoms with Crippen LogP contribution >= 0.6 is 11.6 Å². The Morgan fingerprint density at radius 2 is 2.28 bits per heavy atom. The van der Waals surface area contributed by atoms with Crippen molar-refractivity contribution in [3.63, 3.8) is 0 Å². The summed E-state index contributed by atoms with van der Waals surface area (Å²) in [6, 6.07) is 4.39. The van der Waals surface area contributed by atoms with Crippen LogP contribution in [0.1, 0.15) is 51.0 Å². The minimum atomic E-state index is -1.28. The highest BCUT2D eigenvalue weighted by Gasteiger charge is 2.26. The van der Waals surface area contributed by atoms with Gasteiger partial charge in [0.15, 0.2) is 0 Å². The lowest BCUT2D eigenvalue weighted by Crippen LogP contribution is -2.25. The maximum atomic E-state index is 13.6. The summed E-state index contributed by atoms with van der Waals surface area (Å²) in [5.74, 6) is 0.241. The van der Waals surface area contributed by atoms with Gasteiger partial charge in [-0.3, -0.25) is 0 Å². The molecule has 1 fully saturated rings. The van der Waals surface area contributed by atoms with E-state index in [4.69, 9.17) is 21.1 Å². The van der Waals surface area contributed by atoms with Crippen molar-refractivity contribution in [1.82, 2.24) is 0 Å². The molecule has 2 unspecified atom stereocenters. The standard InChI is InChI=1S/C18H25ClFNO3S/c1-18(2,3)25(22)21-9-4-5-16(19)15-11-13(20)6-7-17(15)24-14-8-10-23-12-14/h6-7,9,11,14,16H,4-5,8,10,12H2,1-3H3/t14-,16?,25?/m1/s1. The molecule has 0 spiro atoms. The molecule has 0 aromatic heterocycles. The van der Waals surface area contributed by atoms with Crippen LogP contribution in [0.4, 0.5) is 4.39 Å². The van der Waals surface area contributed by atoms with Gasteiger partial charge in [0.1, 0.15) is 33.8 Å². The van der Waals surface area contributed by atoms with Crippen molar-refractivity contribution in [3.05, 3.63) is 29.6 Å². The number of ether oxygens (including phenoxy) is 2. The van der Waals surface area contributed by atoms with Crippen molar-refractivity contribution in [2.24, 2.45) is 4.40 Å². The first-order valence-electron chi connectivity index (χ1n) is 8.40. The highest BCUT2D eigenvalue weighted by molar-refractivity contribution is 7.91. The average Bonchev–Trinajstić information content (AvgIpc) is 3.05. The summed E-state index contributed by atoms with van der Waals surface area (Å²) in [6.07, 6.45) is 3.52. The summed E-state index contributed by atoms with van der Waals surface area (Å²) in [6.45, 7) is 6.82. The molecule has 3 atom stereocenters. The maximum Gasteiger partial charge on any atom is 0.144 e. The van der Waals surface area contributed by atoms with Crippen LogP contribution in [0.5, 0.6) is 5.75 Å². The van der Waals surface area contributed by atoms with E-state index in [-0.39, 0.29) is 16.7 Å². The minimum Gasteiger partial charge on any atom is -0.591 e. The molecule has 0 radical (unpaired) electrons. The Bertz CT molecular complexity index is 588. The smallest absolute Gasteiger partial charge is 0.144 e. The molecule has 1 saturated heterocycles. The largest absolute Gasteiger partial charge is 0.591 e. The lowest BCUT2D eigenvalue weighted by molar-refractivity contribution is 0.140. The van der Waals surface area contributed by atoms with E-state index < -0.39 is 16.7 Å². The Kier molecular flexibility index (Phi) is 7.55. The summed E-state index contributed by atoms with van der Waals surface area (Å²) in [4.78, 5) is 0. The Balaban J connectivity index is 1.96. The van der Waals surface area contributed by atoms with E-state index in [9.17, 15) is 8.94 Å². The second-order valence-electron chi connectivity index (χ2n) is 6.98. The number of alkyl halides is 1. The Morgan fingerprint density at radius 3 is 2.92 bits per heavy atom. The Hall–Kier alpha value is -0.820. The zero-order chi connectivity index (χ0) is 18.4. The predicted octanol–water partition coefficient (Wildman–Crippen LogP) is 4.59. The fraction of sp³-hybridized carbons (Fsp3) is 0.611. The number of halogens is 2. The lowest BCUT2D eigenvalue weighted by atomic mass is 10.1. The van der Waals surface area contributed by atoms with E-state index >= 15 is 0 Å². The quantitative estimate of drug-likeness (QED) is 0.389. The van der Waals surface area contributed by atoms with E-state index in [2.05, 4.69) is 4.40 Å². The molecule has 0 saturated carbocycles. The highest BCUT2D eigenvalue weighted by Crippen LogP contribution is 2.34. The van der Waals surface area contributed by atoms with Gasteiger partial charge in [0.25, 0.3) is 0 Å². The summed E-state index contributed by atoms with van der Waals surface area (Å²) in [5.41, 5.74) is 0.624. The Morgan fingerprint density at radius 1 is 1.52 bits per heavy atom. The van der Waals surface area contributed by atoms with Crippen molar-refractivity contribution in [2.75, 3.05) is 13.2 Å². The summed E-state index contributed by atoms with van der Waals surface area (Å²) in [7, 11) is 0. The number of hydrogen-bond donors (Lipinski definition) is 0. The minimum absolute atomic E-state index is 0.0242. The zero-order valence-electron chi connectivity index (χ0n) is 14.8. The van der Waals surface area contributed by atoms with Gasteiger partial charge in [0.2, 0.25) is 0 Å². The zero-order valence-corrected chi connectivity index (χ0v) is 16.4. The van der Waals surface area contributed by atoms with Gasteiger partial charge in [0.05, 0.1) is 24.8 Å². The molecule has 140 valence electrons. The van der Waals surface area contributed by atoms with Crippen molar-refractivity contribution < 1.29 is 18.4 Å². The van der Waals surface area contributed by atoms with Crippen LogP contribution in [0.15, 0.2) is 22.6 Å². The number of benzene rings is 1. The van der Waals surface area contributed by atoms with Gasteiger partial charge in [-0.15, -0.1) is 11.6 Å². The van der Waals surface area contributed by atoms with E-state index in [1.54, 1.807) is 12.3 Å². The van der Waals surface area contributed by atoms with E-state index in [1.165, 1.54) is 12.1 Å². The van der Waals surface area contributed by atoms with E-state index in [0.717, 1.165) is 6.42 Å². The molecule has 1 aliphatic rings. The number of rotatable bonds is 7. The third-order valence-corrected chi connectivity index (χ3v) is 5.58. The van der Waals surface area contributed by atoms with Gasteiger partial charge in [-0.05, 0) is 51.8 Å². The van der Waals surface area contributed by atoms with E-state index in [0.29, 0.717) is 37.4 Å². The number of hydrogen-bond acceptors (Lipinski definition) is 4. The molecule has 0 bridgehead atoms. The topological polar surface area (TPSA) is 53.9 Å². The van der Waals surface area contributed by atoms with Crippen LogP contribution in [-0.2, 0) is 16.1 Å². The van der Waals surface area contributed by atoms with Gasteiger partial charge in [-0.1, -0.05) is 4.40 Å². The molecule has 25 heavy (non-hydrogen) atoms. The van der Waals surface area contributed by atoms with Gasteiger partial charge in [-0.25, -0.2) is 4.39 Å². The molecule has 0 amide bonds. The SMILES string of the molecule is CC(C)(C)[S+]([O-])N=CCCC(Cl)c1cc(F)ccc1O[C@@H]1CCOC1. The second kappa shape index (κ2) is 9.21. The first kappa shape index (κ1) is 20.5. The molecular formula is C18H25ClFNO3S. The average molecular weight is 390 g/mol. The van der Waals surface area contributed by atoms with Crippen molar-refractivity contribution in [1.29, 1.82) is 0 Å². The van der Waals surface area contributed by atoms with Crippen LogP contribution < -0.4 is 4.74 Å². The molecule has 7 heteroatoms. The summed E-state index contributed by atoms with van der Waals surface area (Å²) >= 11 is 5.18. The van der Waals surface area contributed by atoms with Gasteiger partial charge >= 0.3 is 0 Å². The summed E-state index contributed by atoms with van der Waals surface area (Å²) < 4.78 is 40.4. The van der Waals surface area contributed by atoms with Crippen molar-refractivity contribution >= 4 is 29.2 Å². The number of nitrogens with zero attached hydrogens (tertiary/aromatic N) is 1. The predicted molar refractivity (Wildman–Crippen MR) is 100 cm³/mol. The van der Waals surface area contributed by atoms with Crippen LogP contribution in [-0.4, -0.2) is 34.8 Å². The molecule has 1 aromatic carbocycles. The molecule has 4 nitrogen and oxygen atoms in total. The van der Waals surface area contributed by atoms with Crippen LogP contribution in [0.25, 0.3) is 0 Å². The molecule has 1 heterocycles. The maximum absolute atomic E-state index is 13.6. The molecule has 0 aliphatic carbocycles. The van der Waals surface area contributed by atoms with Crippen molar-refractivity contribution in [3.8, 4) is 5.75 Å². The van der Waals surface area contributed by atoms with Crippen molar-refractivity contribution in [2.45, 2.75) is 56.3 Å². The fourth-order valence-electron chi connectivity index (χ4n) is 2.31. The molecule has 0 N–H and O–H groups in total. The summed E-state index contributed by atoms with van der Waals surface area (Å²) in [5, 5.41) is -0.414. The van der Waals surface area contributed by atoms with Crippen LogP contribution in [0.3, 0.4) is 0 Å². The monoisotopic (exact) mass is 389 g/mol. The molecule has 1 aromatic rings. The van der Waals surface area contributed by atoms with Crippen LogP contribution in [0.2, 0.25) is 0 Å². The second-order valence-corrected chi connectivity index (χ2v) is 9.44. The Labute approximate surface area is 157 Å². The first-order valence-corrected chi connectivity index (χ1v) is 9.94. The fourth-order valence-corrected chi connectivity index (χ4v) is 3.17. The lowest BCUT2D eigenvalue weighted by Gasteiger charge is -2.19. The third-order valence-electron chi connectivity index (χ3n) is 3.73. The van der Waals surface area contributed by atoms with E-state index in [1.807, 2.05) is 20.8 Å². The van der Waals surface area contributed by atoms with Crippen LogP contribution in [0, 0.1) is 5.82 Å².